The largest absolute Gasteiger partial charge is 0.493 e. The Balaban J connectivity index is 1.59. The number of ketones is 1. The highest BCUT2D eigenvalue weighted by Gasteiger charge is 2.21. The number of carbonyl (C=O) groups is 1. The molecule has 0 fully saturated rings. The number of ether oxygens (including phenoxy) is 3. The fourth-order valence-electron chi connectivity index (χ4n) is 3.82. The van der Waals surface area contributed by atoms with Crippen molar-refractivity contribution in [1.82, 2.24) is 4.98 Å². The van der Waals surface area contributed by atoms with Gasteiger partial charge in [0.25, 0.3) is 0 Å². The number of carbonyl (C=O) groups excluding carboxylic acids is 1. The van der Waals surface area contributed by atoms with Gasteiger partial charge in [0.2, 0.25) is 17.8 Å². The summed E-state index contributed by atoms with van der Waals surface area (Å²) in [5, 5.41) is 1.03. The molecule has 0 saturated carbocycles. The van der Waals surface area contributed by atoms with E-state index in [0.29, 0.717) is 28.6 Å². The molecule has 2 aromatic heterocycles. The third-order valence-corrected chi connectivity index (χ3v) is 6.31. The van der Waals surface area contributed by atoms with Crippen LogP contribution in [0.25, 0.3) is 26.9 Å². The number of fused-ring (bicyclic) bond motifs is 2. The fourth-order valence-corrected chi connectivity index (χ4v) is 4.57. The van der Waals surface area contributed by atoms with Crippen molar-refractivity contribution in [2.75, 3.05) is 14.2 Å². The van der Waals surface area contributed by atoms with E-state index in [-0.39, 0.29) is 17.5 Å². The van der Waals surface area contributed by atoms with Crippen molar-refractivity contribution < 1.29 is 23.6 Å². The molecular weight excluding hydrogens is 450 g/mol. The van der Waals surface area contributed by atoms with Crippen molar-refractivity contribution in [2.45, 2.75) is 6.54 Å². The van der Waals surface area contributed by atoms with Gasteiger partial charge in [0, 0.05) is 22.4 Å². The smallest absolute Gasteiger partial charge is 0.227 e. The van der Waals surface area contributed by atoms with E-state index in [2.05, 4.69) is 4.98 Å². The van der Waals surface area contributed by atoms with E-state index in [0.717, 1.165) is 21.1 Å². The molecule has 1 N–H and O–H groups in total. The summed E-state index contributed by atoms with van der Waals surface area (Å²) in [5.74, 6) is 2.35. The minimum Gasteiger partial charge on any atom is -0.493 e. The maximum absolute atomic E-state index is 12.9. The number of Topliss-reactive ketones (excluding diaryl/α,β-unsaturated/α-hetero) is 1. The van der Waals surface area contributed by atoms with E-state index in [9.17, 15) is 4.79 Å². The van der Waals surface area contributed by atoms with Crippen LogP contribution in [0.5, 0.6) is 23.0 Å². The van der Waals surface area contributed by atoms with Crippen LogP contribution < -0.4 is 18.8 Å². The Morgan fingerprint density at radius 1 is 0.971 bits per heavy atom. The van der Waals surface area contributed by atoms with Crippen molar-refractivity contribution in [3.05, 3.63) is 84.2 Å². The third-order valence-electron chi connectivity index (χ3n) is 5.48. The zero-order valence-electron chi connectivity index (χ0n) is 18.6. The molecule has 0 spiro atoms. The summed E-state index contributed by atoms with van der Waals surface area (Å²) < 4.78 is 20.0. The standard InChI is InChI=1S/C26H21N3O4S/c1-31-23-13-18-20(14-24(23)32-2)29(15-21(30)16-6-4-3-5-7-16)11-10-22(18)33-17-8-9-19-25(12-17)34-26(27)28-19/h3-14H,15H2,1-2H3,(H-,27,28). The lowest BCUT2D eigenvalue weighted by molar-refractivity contribution is -0.657. The Morgan fingerprint density at radius 3 is 2.50 bits per heavy atom. The van der Waals surface area contributed by atoms with Crippen LogP contribution in [0.15, 0.2) is 72.9 Å². The van der Waals surface area contributed by atoms with Crippen LogP contribution in [-0.4, -0.2) is 25.0 Å². The summed E-state index contributed by atoms with van der Waals surface area (Å²) in [6.07, 6.45) is 1.83. The number of rotatable bonds is 7. The summed E-state index contributed by atoms with van der Waals surface area (Å²) in [5.41, 5.74) is 9.94. The van der Waals surface area contributed by atoms with Crippen LogP contribution in [0.2, 0.25) is 0 Å². The molecule has 0 saturated heterocycles. The van der Waals surface area contributed by atoms with Crippen LogP contribution in [0.4, 0.5) is 5.13 Å². The van der Waals surface area contributed by atoms with E-state index in [1.165, 1.54) is 11.3 Å². The topological polar surface area (TPSA) is 85.3 Å². The molecule has 5 aromatic rings. The Hall–Kier alpha value is -4.17. The molecule has 0 aliphatic carbocycles. The van der Waals surface area contributed by atoms with E-state index >= 15 is 0 Å². The van der Waals surface area contributed by atoms with Crippen LogP contribution in [0, 0.1) is 0 Å². The van der Waals surface area contributed by atoms with Gasteiger partial charge in [-0.15, -0.1) is 11.3 Å². The van der Waals surface area contributed by atoms with Crippen molar-refractivity contribution in [1.29, 1.82) is 0 Å². The molecule has 3 aromatic carbocycles. The molecule has 0 unspecified atom stereocenters. The lowest BCUT2D eigenvalue weighted by Gasteiger charge is -2.12. The van der Waals surface area contributed by atoms with Crippen LogP contribution in [0.1, 0.15) is 10.4 Å². The Bertz CT molecular complexity index is 1520. The van der Waals surface area contributed by atoms with Gasteiger partial charge in [-0.05, 0) is 22.8 Å². The Morgan fingerprint density at radius 2 is 1.74 bits per heavy atom. The summed E-state index contributed by atoms with van der Waals surface area (Å²) in [7, 11) is 3.16. The molecular formula is C26H21N3O4S. The van der Waals surface area contributed by atoms with E-state index in [1.807, 2.05) is 77.5 Å². The van der Waals surface area contributed by atoms with Crippen LogP contribution in [0.3, 0.4) is 0 Å². The van der Waals surface area contributed by atoms with Gasteiger partial charge in [-0.1, -0.05) is 36.4 Å². The van der Waals surface area contributed by atoms with Crippen LogP contribution >= 0.6 is 11.3 Å². The number of hydrogen-bond acceptors (Lipinski definition) is 6. The molecule has 8 heteroatoms. The van der Waals surface area contributed by atoms with E-state index in [1.54, 1.807) is 14.2 Å². The van der Waals surface area contributed by atoms with Gasteiger partial charge in [-0.2, -0.15) is 4.57 Å². The van der Waals surface area contributed by atoms with Gasteiger partial charge >= 0.3 is 0 Å². The average Bonchev–Trinajstić information content (AvgIpc) is 3.24. The summed E-state index contributed by atoms with van der Waals surface area (Å²) >= 11 is 1.30. The maximum Gasteiger partial charge on any atom is 0.227 e. The fraction of sp³-hybridized carbons (Fsp3) is 0.115. The molecule has 0 atom stereocenters. The van der Waals surface area contributed by atoms with Crippen molar-refractivity contribution >= 4 is 43.4 Å². The number of hydrogen-bond donors (Lipinski definition) is 0. The van der Waals surface area contributed by atoms with Gasteiger partial charge < -0.3 is 24.9 Å². The van der Waals surface area contributed by atoms with Gasteiger partial charge in [-0.25, -0.2) is 0 Å². The van der Waals surface area contributed by atoms with E-state index in [4.69, 9.17) is 19.9 Å². The molecule has 0 aliphatic rings. The highest BCUT2D eigenvalue weighted by molar-refractivity contribution is 7.22. The lowest BCUT2D eigenvalue weighted by Crippen LogP contribution is -2.38. The van der Waals surface area contributed by atoms with Gasteiger partial charge in [-0.3, -0.25) is 4.79 Å². The van der Waals surface area contributed by atoms with E-state index < -0.39 is 0 Å². The van der Waals surface area contributed by atoms with Crippen molar-refractivity contribution in [3.8, 4) is 23.0 Å². The van der Waals surface area contributed by atoms with Crippen molar-refractivity contribution in [2.24, 2.45) is 0 Å². The molecule has 5 rings (SSSR count). The maximum atomic E-state index is 12.9. The quantitative estimate of drug-likeness (QED) is 0.211. The summed E-state index contributed by atoms with van der Waals surface area (Å²) in [6, 6.07) is 20.3. The van der Waals surface area contributed by atoms with Crippen molar-refractivity contribution in [3.63, 3.8) is 0 Å². The highest BCUT2D eigenvalue weighted by Crippen LogP contribution is 2.37. The molecule has 0 bridgehead atoms. The summed E-state index contributed by atoms with van der Waals surface area (Å²) in [4.78, 5) is 17.1. The minimum absolute atomic E-state index is 0.00259. The Labute approximate surface area is 200 Å². The lowest BCUT2D eigenvalue weighted by atomic mass is 10.1. The second kappa shape index (κ2) is 8.99. The van der Waals surface area contributed by atoms with Gasteiger partial charge in [0.15, 0.2) is 17.7 Å². The SMILES string of the molecule is COc1cc2c(Oc3ccc4nc([NH-])sc4c3)cc[n+](CC(=O)c3ccccc3)c2cc1OC. The number of methoxy groups -OCH3 is 2. The third kappa shape index (κ3) is 4.11. The predicted molar refractivity (Wildman–Crippen MR) is 132 cm³/mol. The number of aromatic nitrogens is 2. The zero-order valence-corrected chi connectivity index (χ0v) is 19.4. The minimum atomic E-state index is -0.00259. The first-order chi connectivity index (χ1) is 16.6. The first kappa shape index (κ1) is 21.7. The normalized spacial score (nSPS) is 11.0. The van der Waals surface area contributed by atoms with Gasteiger partial charge in [0.1, 0.15) is 11.5 Å². The number of nitrogens with one attached hydrogen (secondary N) is 1. The molecule has 7 nitrogen and oxygen atoms in total. The highest BCUT2D eigenvalue weighted by atomic mass is 32.1. The average molecular weight is 472 g/mol. The second-order valence-corrected chi connectivity index (χ2v) is 8.60. The number of thiazole rings is 1. The monoisotopic (exact) mass is 471 g/mol. The number of pyridine rings is 1. The first-order valence-corrected chi connectivity index (χ1v) is 11.3. The molecule has 2 heterocycles. The Kier molecular flexibility index (Phi) is 5.73. The molecule has 0 radical (unpaired) electrons. The van der Waals surface area contributed by atoms with Crippen LogP contribution in [-0.2, 0) is 6.54 Å². The van der Waals surface area contributed by atoms with Gasteiger partial charge in [0.05, 0.1) is 25.7 Å². The molecule has 170 valence electrons. The summed E-state index contributed by atoms with van der Waals surface area (Å²) in [6.45, 7) is 0.162. The molecule has 34 heavy (non-hydrogen) atoms. The number of nitrogens with zero attached hydrogens (tertiary/aromatic N) is 2. The molecule has 0 amide bonds. The predicted octanol–water partition coefficient (Wildman–Crippen LogP) is 6.11. The second-order valence-electron chi connectivity index (χ2n) is 7.57. The first-order valence-electron chi connectivity index (χ1n) is 10.5. The number of benzene rings is 3. The zero-order chi connectivity index (χ0) is 23.7. The molecule has 0 aliphatic heterocycles.